The lowest BCUT2D eigenvalue weighted by Crippen LogP contribution is -2.59. The molecule has 0 aliphatic carbocycles. The van der Waals surface area contributed by atoms with Gasteiger partial charge in [-0.3, -0.25) is 19.2 Å². The molecular formula is C18H33N5O6S. The Morgan fingerprint density at radius 2 is 1.47 bits per heavy atom. The summed E-state index contributed by atoms with van der Waals surface area (Å²) in [6.45, 7) is 7.14. The molecule has 11 nitrogen and oxygen atoms in total. The van der Waals surface area contributed by atoms with Gasteiger partial charge in [0.25, 0.3) is 0 Å². The van der Waals surface area contributed by atoms with Crippen molar-refractivity contribution in [2.45, 2.75) is 64.7 Å². The normalized spacial score (nSPS) is 16.0. The highest BCUT2D eigenvalue weighted by Crippen LogP contribution is 2.10. The van der Waals surface area contributed by atoms with Crippen molar-refractivity contribution < 1.29 is 29.1 Å². The third-order valence-electron chi connectivity index (χ3n) is 4.65. The molecule has 0 spiro atoms. The molecule has 0 saturated heterocycles. The molecular weight excluding hydrogens is 414 g/mol. The average Bonchev–Trinajstić information content (AvgIpc) is 2.67. The fourth-order valence-corrected chi connectivity index (χ4v) is 2.64. The molecule has 0 rings (SSSR count). The Morgan fingerprint density at radius 1 is 0.933 bits per heavy atom. The van der Waals surface area contributed by atoms with Crippen LogP contribution in [0.25, 0.3) is 0 Å². The molecule has 0 aliphatic rings. The molecule has 0 aromatic rings. The van der Waals surface area contributed by atoms with E-state index in [4.69, 9.17) is 16.6 Å². The maximum absolute atomic E-state index is 12.8. The molecule has 30 heavy (non-hydrogen) atoms. The zero-order chi connectivity index (χ0) is 23.6. The van der Waals surface area contributed by atoms with Gasteiger partial charge in [0.1, 0.15) is 18.1 Å². The Balaban J connectivity index is 5.32. The van der Waals surface area contributed by atoms with Gasteiger partial charge in [-0.1, -0.05) is 34.1 Å². The Bertz CT molecular complexity index is 645. The number of carbonyl (C=O) groups is 5. The van der Waals surface area contributed by atoms with Crippen LogP contribution >= 0.6 is 12.6 Å². The molecule has 0 aromatic heterocycles. The van der Waals surface area contributed by atoms with Crippen LogP contribution in [0.5, 0.6) is 0 Å². The molecule has 0 bridgehead atoms. The van der Waals surface area contributed by atoms with Gasteiger partial charge in [-0.25, -0.2) is 4.79 Å². The molecule has 0 heterocycles. The number of primary amides is 1. The number of nitrogens with two attached hydrogens (primary N) is 2. The first-order valence-corrected chi connectivity index (χ1v) is 10.3. The predicted molar refractivity (Wildman–Crippen MR) is 113 cm³/mol. The van der Waals surface area contributed by atoms with E-state index in [0.29, 0.717) is 6.42 Å². The lowest BCUT2D eigenvalue weighted by atomic mass is 9.96. The van der Waals surface area contributed by atoms with Crippen LogP contribution in [0.1, 0.15) is 40.5 Å². The van der Waals surface area contributed by atoms with Crippen LogP contribution in [0.15, 0.2) is 0 Å². The van der Waals surface area contributed by atoms with E-state index in [9.17, 15) is 24.0 Å². The first-order chi connectivity index (χ1) is 13.8. The molecule has 0 radical (unpaired) electrons. The third-order valence-corrected chi connectivity index (χ3v) is 5.01. The topological polar surface area (TPSA) is 194 Å². The second-order valence-electron chi connectivity index (χ2n) is 7.46. The minimum absolute atomic E-state index is 0.139. The van der Waals surface area contributed by atoms with E-state index >= 15 is 0 Å². The Labute approximate surface area is 181 Å². The second-order valence-corrected chi connectivity index (χ2v) is 7.82. The van der Waals surface area contributed by atoms with Crippen LogP contribution in [0, 0.1) is 11.8 Å². The van der Waals surface area contributed by atoms with Gasteiger partial charge in [0.15, 0.2) is 0 Å². The van der Waals surface area contributed by atoms with Gasteiger partial charge in [-0.05, 0) is 11.8 Å². The highest BCUT2D eigenvalue weighted by molar-refractivity contribution is 7.80. The first-order valence-electron chi connectivity index (χ1n) is 9.64. The van der Waals surface area contributed by atoms with Crippen molar-refractivity contribution in [1.29, 1.82) is 0 Å². The molecule has 0 fully saturated rings. The van der Waals surface area contributed by atoms with E-state index in [2.05, 4.69) is 28.6 Å². The zero-order valence-corrected chi connectivity index (χ0v) is 18.6. The van der Waals surface area contributed by atoms with E-state index in [1.165, 1.54) is 0 Å². The fourth-order valence-electron chi connectivity index (χ4n) is 2.38. The summed E-state index contributed by atoms with van der Waals surface area (Å²) in [6.07, 6.45) is -0.0420. The highest BCUT2D eigenvalue weighted by Gasteiger charge is 2.32. The van der Waals surface area contributed by atoms with E-state index in [-0.39, 0.29) is 17.6 Å². The third kappa shape index (κ3) is 8.99. The lowest BCUT2D eigenvalue weighted by molar-refractivity contribution is -0.143. The minimum atomic E-state index is -1.54. The summed E-state index contributed by atoms with van der Waals surface area (Å²) < 4.78 is 0. The largest absolute Gasteiger partial charge is 0.480 e. The van der Waals surface area contributed by atoms with E-state index in [1.54, 1.807) is 20.8 Å². The molecule has 172 valence electrons. The number of hydrogen-bond donors (Lipinski definition) is 7. The van der Waals surface area contributed by atoms with E-state index in [1.807, 2.05) is 6.92 Å². The molecule has 4 amide bonds. The van der Waals surface area contributed by atoms with Crippen molar-refractivity contribution in [1.82, 2.24) is 16.0 Å². The summed E-state index contributed by atoms with van der Waals surface area (Å²) in [5.74, 6) is -4.88. The monoisotopic (exact) mass is 447 g/mol. The fraction of sp³-hybridized carbons (Fsp3) is 0.722. The van der Waals surface area contributed by atoms with Crippen LogP contribution in [-0.2, 0) is 24.0 Å². The van der Waals surface area contributed by atoms with Gasteiger partial charge in [0.05, 0.1) is 12.5 Å². The molecule has 12 heteroatoms. The van der Waals surface area contributed by atoms with E-state index in [0.717, 1.165) is 0 Å². The molecule has 0 aliphatic heterocycles. The van der Waals surface area contributed by atoms with Gasteiger partial charge in [-0.15, -0.1) is 0 Å². The second kappa shape index (κ2) is 13.1. The number of thiol groups is 1. The van der Waals surface area contributed by atoms with Gasteiger partial charge >= 0.3 is 5.97 Å². The van der Waals surface area contributed by atoms with Crippen molar-refractivity contribution in [3.05, 3.63) is 0 Å². The number of hydrogen-bond acceptors (Lipinski definition) is 7. The van der Waals surface area contributed by atoms with Crippen LogP contribution in [-0.4, -0.2) is 64.6 Å². The van der Waals surface area contributed by atoms with E-state index < -0.39 is 60.2 Å². The summed E-state index contributed by atoms with van der Waals surface area (Å²) in [4.78, 5) is 59.7. The van der Waals surface area contributed by atoms with Crippen molar-refractivity contribution in [3.8, 4) is 0 Å². The number of amides is 4. The molecule has 5 unspecified atom stereocenters. The first kappa shape index (κ1) is 27.7. The van der Waals surface area contributed by atoms with Crippen LogP contribution in [0.4, 0.5) is 0 Å². The van der Waals surface area contributed by atoms with Gasteiger partial charge in [-0.2, -0.15) is 12.6 Å². The number of nitrogens with one attached hydrogen (secondary N) is 3. The van der Waals surface area contributed by atoms with Gasteiger partial charge in [0, 0.05) is 5.75 Å². The SMILES string of the molecule is CCC(C)C(NC(=O)C(N)C(C)C)C(=O)NC(CS)C(=O)NC(CC(N)=O)C(=O)O. The summed E-state index contributed by atoms with van der Waals surface area (Å²) in [5, 5.41) is 16.3. The maximum atomic E-state index is 12.8. The molecule has 8 N–H and O–H groups in total. The summed E-state index contributed by atoms with van der Waals surface area (Å²) in [6, 6.07) is -4.50. The number of carboxylic acid groups (broad SMARTS) is 1. The molecule has 0 saturated carbocycles. The Morgan fingerprint density at radius 3 is 1.87 bits per heavy atom. The minimum Gasteiger partial charge on any atom is -0.480 e. The van der Waals surface area contributed by atoms with Gasteiger partial charge < -0.3 is 32.5 Å². The Hall–Kier alpha value is -2.34. The standard InChI is InChI=1S/C18H33N5O6S/c1-5-9(4)14(23-16(26)13(20)8(2)3)17(27)22-11(7-30)15(25)21-10(18(28)29)6-12(19)24/h8-11,13-14,30H,5-7,20H2,1-4H3,(H2,19,24)(H,21,25)(H,22,27)(H,23,26)(H,28,29). The number of rotatable bonds is 13. The maximum Gasteiger partial charge on any atom is 0.326 e. The number of aliphatic carboxylic acids is 1. The zero-order valence-electron chi connectivity index (χ0n) is 17.7. The van der Waals surface area contributed by atoms with Crippen molar-refractivity contribution >= 4 is 42.2 Å². The number of carbonyl (C=O) groups excluding carboxylic acids is 4. The summed E-state index contributed by atoms with van der Waals surface area (Å²) in [7, 11) is 0. The summed E-state index contributed by atoms with van der Waals surface area (Å²) >= 11 is 4.02. The average molecular weight is 448 g/mol. The quantitative estimate of drug-likeness (QED) is 0.164. The smallest absolute Gasteiger partial charge is 0.326 e. The lowest BCUT2D eigenvalue weighted by Gasteiger charge is -2.28. The predicted octanol–water partition coefficient (Wildman–Crippen LogP) is -1.64. The van der Waals surface area contributed by atoms with Gasteiger partial charge in [0.2, 0.25) is 23.6 Å². The van der Waals surface area contributed by atoms with Crippen LogP contribution in [0.2, 0.25) is 0 Å². The van der Waals surface area contributed by atoms with Crippen LogP contribution in [0.3, 0.4) is 0 Å². The number of carboxylic acids is 1. The molecule has 0 aromatic carbocycles. The van der Waals surface area contributed by atoms with Crippen molar-refractivity contribution in [2.75, 3.05) is 5.75 Å². The summed E-state index contributed by atoms with van der Waals surface area (Å²) in [5.41, 5.74) is 10.8. The highest BCUT2D eigenvalue weighted by atomic mass is 32.1. The Kier molecular flexibility index (Phi) is 12.0. The van der Waals surface area contributed by atoms with Crippen molar-refractivity contribution in [2.24, 2.45) is 23.3 Å². The molecule has 5 atom stereocenters. The van der Waals surface area contributed by atoms with Crippen LogP contribution < -0.4 is 27.4 Å². The van der Waals surface area contributed by atoms with Crippen molar-refractivity contribution in [3.63, 3.8) is 0 Å².